The van der Waals surface area contributed by atoms with Crippen LogP contribution in [0.25, 0.3) is 11.0 Å². The number of anilines is 1. The van der Waals surface area contributed by atoms with Gasteiger partial charge in [-0.3, -0.25) is 4.90 Å². The highest BCUT2D eigenvalue weighted by Gasteiger charge is 2.38. The van der Waals surface area contributed by atoms with Crippen LogP contribution in [0.2, 0.25) is 5.02 Å². The highest BCUT2D eigenvalue weighted by Crippen LogP contribution is 2.24. The lowest BCUT2D eigenvalue weighted by atomic mass is 10.2. The molecule has 5 rings (SSSR count). The van der Waals surface area contributed by atoms with Crippen LogP contribution in [0.4, 0.5) is 23.4 Å². The molecule has 0 saturated carbocycles. The number of piperazine rings is 1. The van der Waals surface area contributed by atoms with Gasteiger partial charge in [0.25, 0.3) is 0 Å². The fourth-order valence-electron chi connectivity index (χ4n) is 4.92. The molecule has 12 nitrogen and oxygen atoms in total. The molecule has 0 aliphatic carbocycles. The second-order valence-electron chi connectivity index (χ2n) is 10.5. The van der Waals surface area contributed by atoms with Gasteiger partial charge in [0.05, 0.1) is 29.7 Å². The molecule has 1 saturated heterocycles. The first-order valence-electron chi connectivity index (χ1n) is 14.2. The van der Waals surface area contributed by atoms with Crippen molar-refractivity contribution in [1.82, 2.24) is 24.4 Å². The number of aromatic nitrogens is 4. The molecule has 4 aromatic rings. The number of halogens is 5. The second kappa shape index (κ2) is 15.4. The Kier molecular flexibility index (Phi) is 11.5. The van der Waals surface area contributed by atoms with Crippen LogP contribution >= 0.6 is 11.6 Å². The van der Waals surface area contributed by atoms with E-state index >= 15 is 0 Å². The van der Waals surface area contributed by atoms with Crippen molar-refractivity contribution in [3.63, 3.8) is 0 Å². The fourth-order valence-corrected chi connectivity index (χ4v) is 5.08. The zero-order valence-corrected chi connectivity index (χ0v) is 26.0. The molecule has 2 aromatic heterocycles. The predicted octanol–water partition coefficient (Wildman–Crippen LogP) is 4.89. The molecule has 2 aromatic carbocycles. The quantitative estimate of drug-likeness (QED) is 0.221. The summed E-state index contributed by atoms with van der Waals surface area (Å²) in [5.74, 6) is -2.56. The summed E-state index contributed by atoms with van der Waals surface area (Å²) in [4.78, 5) is 38.5. The van der Waals surface area contributed by atoms with Gasteiger partial charge < -0.3 is 29.2 Å². The van der Waals surface area contributed by atoms with Crippen molar-refractivity contribution < 1.29 is 46.8 Å². The minimum atomic E-state index is -5.08. The first-order valence-corrected chi connectivity index (χ1v) is 14.5. The first kappa shape index (κ1) is 35.3. The number of ether oxygens (including phenoxy) is 2. The van der Waals surface area contributed by atoms with E-state index in [0.717, 1.165) is 42.3 Å². The third-order valence-corrected chi connectivity index (χ3v) is 7.43. The number of hydrogen-bond acceptors (Lipinski definition) is 9. The summed E-state index contributed by atoms with van der Waals surface area (Å²) in [6.45, 7) is 6.07. The highest BCUT2D eigenvalue weighted by molar-refractivity contribution is 6.30. The minimum absolute atomic E-state index is 0.00613. The zero-order valence-electron chi connectivity index (χ0n) is 25.2. The first-order chi connectivity index (χ1) is 22.3. The van der Waals surface area contributed by atoms with Crippen LogP contribution < -0.4 is 9.64 Å². The molecule has 1 fully saturated rings. The van der Waals surface area contributed by atoms with Gasteiger partial charge in [0, 0.05) is 56.1 Å². The summed E-state index contributed by atoms with van der Waals surface area (Å²) in [6.07, 6.45) is -3.45. The number of hydrogen-bond donors (Lipinski definition) is 2. The van der Waals surface area contributed by atoms with Gasteiger partial charge in [-0.25, -0.2) is 23.9 Å². The second-order valence-corrected chi connectivity index (χ2v) is 10.9. The van der Waals surface area contributed by atoms with E-state index in [-0.39, 0.29) is 24.2 Å². The number of methoxy groups -OCH3 is 1. The number of carboxylic acids is 2. The Morgan fingerprint density at radius 2 is 1.83 bits per heavy atom. The maximum Gasteiger partial charge on any atom is 0.490 e. The van der Waals surface area contributed by atoms with Crippen molar-refractivity contribution >= 4 is 40.4 Å². The van der Waals surface area contributed by atoms with Crippen LogP contribution in [-0.4, -0.2) is 92.1 Å². The number of carboxylic acid groups (broad SMARTS) is 2. The molecular formula is C30H31ClF4N6O6. The van der Waals surface area contributed by atoms with E-state index in [0.29, 0.717) is 30.3 Å². The largest absolute Gasteiger partial charge is 0.490 e. The third-order valence-electron chi connectivity index (χ3n) is 7.20. The summed E-state index contributed by atoms with van der Waals surface area (Å²) in [7, 11) is 1.64. The van der Waals surface area contributed by atoms with E-state index in [1.807, 2.05) is 10.6 Å². The van der Waals surface area contributed by atoms with Gasteiger partial charge in [-0.2, -0.15) is 18.2 Å². The molecule has 17 heteroatoms. The molecule has 0 spiro atoms. The van der Waals surface area contributed by atoms with Gasteiger partial charge in [-0.1, -0.05) is 17.7 Å². The lowest BCUT2D eigenvalue weighted by Gasteiger charge is -2.40. The van der Waals surface area contributed by atoms with Gasteiger partial charge in [-0.15, -0.1) is 0 Å². The van der Waals surface area contributed by atoms with Crippen molar-refractivity contribution in [1.29, 1.82) is 0 Å². The maximum absolute atomic E-state index is 14.1. The van der Waals surface area contributed by atoms with E-state index < -0.39 is 23.9 Å². The van der Waals surface area contributed by atoms with Crippen LogP contribution in [0, 0.1) is 5.82 Å². The predicted molar refractivity (Wildman–Crippen MR) is 162 cm³/mol. The fraction of sp³-hybridized carbons (Fsp3) is 0.367. The molecule has 0 radical (unpaired) electrons. The number of fused-ring (bicyclic) bond motifs is 1. The van der Waals surface area contributed by atoms with E-state index in [1.54, 1.807) is 43.6 Å². The van der Waals surface area contributed by atoms with Crippen molar-refractivity contribution in [3.8, 4) is 6.01 Å². The van der Waals surface area contributed by atoms with Crippen LogP contribution in [0.1, 0.15) is 28.7 Å². The summed E-state index contributed by atoms with van der Waals surface area (Å²) in [5, 5.41) is 16.9. The Hall–Kier alpha value is -4.54. The normalized spacial score (nSPS) is 15.3. The molecule has 2 N–H and O–H groups in total. The number of rotatable bonds is 10. The number of nitrogens with zero attached hydrogens (tertiary/aromatic N) is 6. The number of aliphatic carboxylic acids is 1. The van der Waals surface area contributed by atoms with Gasteiger partial charge in [-0.05, 0) is 43.3 Å². The van der Waals surface area contributed by atoms with Crippen molar-refractivity contribution in [2.45, 2.75) is 38.8 Å². The summed E-state index contributed by atoms with van der Waals surface area (Å²) in [5.41, 5.74) is 2.14. The smallest absolute Gasteiger partial charge is 0.478 e. The van der Waals surface area contributed by atoms with Crippen LogP contribution in [0.5, 0.6) is 6.01 Å². The standard InChI is InChI=1S/C28H30ClFN6O4.C2HF3O2/c1-18-15-34(16-26-32-23-6-4-19(27(37)38)13-24(23)36(26)11-12-39-2)9-10-35(18)25-7-8-31-28(33-25)40-17-20-3-5-21(29)14-22(20)30;3-2(4,5)1(6)7/h3-8,13-14,18H,9-12,15-17H2,1-2H3,(H,37,38);(H,6,7)/t18-;/m1./s1. The minimum Gasteiger partial charge on any atom is -0.478 e. The Balaban J connectivity index is 0.000000644. The number of benzene rings is 2. The van der Waals surface area contributed by atoms with Crippen LogP contribution in [0.15, 0.2) is 48.7 Å². The monoisotopic (exact) mass is 682 g/mol. The molecular weight excluding hydrogens is 652 g/mol. The molecule has 1 aliphatic heterocycles. The molecule has 1 aliphatic rings. The molecule has 0 amide bonds. The number of carbonyl (C=O) groups is 2. The molecule has 0 unspecified atom stereocenters. The van der Waals surface area contributed by atoms with E-state index in [2.05, 4.69) is 26.7 Å². The number of alkyl halides is 3. The summed E-state index contributed by atoms with van der Waals surface area (Å²) in [6, 6.07) is 11.6. The molecule has 252 valence electrons. The lowest BCUT2D eigenvalue weighted by molar-refractivity contribution is -0.192. The van der Waals surface area contributed by atoms with E-state index in [1.165, 1.54) is 6.07 Å². The van der Waals surface area contributed by atoms with Crippen molar-refractivity contribution in [2.75, 3.05) is 38.3 Å². The zero-order chi connectivity index (χ0) is 34.3. The summed E-state index contributed by atoms with van der Waals surface area (Å²) >= 11 is 5.83. The number of aromatic carboxylic acids is 1. The molecule has 47 heavy (non-hydrogen) atoms. The third kappa shape index (κ3) is 9.27. The molecule has 1 atom stereocenters. The van der Waals surface area contributed by atoms with E-state index in [4.69, 9.17) is 36.0 Å². The van der Waals surface area contributed by atoms with Gasteiger partial charge in [0.15, 0.2) is 0 Å². The van der Waals surface area contributed by atoms with Crippen molar-refractivity contribution in [3.05, 3.63) is 76.5 Å². The topological polar surface area (TPSA) is 143 Å². The lowest BCUT2D eigenvalue weighted by Crippen LogP contribution is -2.52. The highest BCUT2D eigenvalue weighted by atomic mass is 35.5. The van der Waals surface area contributed by atoms with Crippen LogP contribution in [0.3, 0.4) is 0 Å². The van der Waals surface area contributed by atoms with Gasteiger partial charge in [0.1, 0.15) is 24.1 Å². The van der Waals surface area contributed by atoms with Crippen molar-refractivity contribution in [2.24, 2.45) is 0 Å². The average molecular weight is 683 g/mol. The Morgan fingerprint density at radius 3 is 2.47 bits per heavy atom. The summed E-state index contributed by atoms with van der Waals surface area (Å²) < 4.78 is 58.9. The average Bonchev–Trinajstić information content (AvgIpc) is 3.35. The Bertz CT molecular complexity index is 1720. The SMILES string of the molecule is COCCn1c(CN2CCN(c3ccnc(OCc4ccc(Cl)cc4F)n3)[C@H](C)C2)nc2ccc(C(=O)O)cc21.O=C(O)C(F)(F)F. The van der Waals surface area contributed by atoms with Gasteiger partial charge in [0.2, 0.25) is 0 Å². The Labute approximate surface area is 271 Å². The Morgan fingerprint density at radius 1 is 1.09 bits per heavy atom. The van der Waals surface area contributed by atoms with Gasteiger partial charge >= 0.3 is 24.1 Å². The number of imidazole rings is 1. The van der Waals surface area contributed by atoms with Crippen LogP contribution in [-0.2, 0) is 29.2 Å². The maximum atomic E-state index is 14.1. The van der Waals surface area contributed by atoms with E-state index in [9.17, 15) is 27.5 Å². The molecule has 0 bridgehead atoms. The molecule has 3 heterocycles.